The zero-order valence-electron chi connectivity index (χ0n) is 8.51. The van der Waals surface area contributed by atoms with Crippen LogP contribution in [0.5, 0.6) is 0 Å². The first-order chi connectivity index (χ1) is 4.97. The second kappa shape index (κ2) is 4.58. The maximum atomic E-state index is 5.72. The molecule has 0 bridgehead atoms. The molecule has 74 valence electrons. The Morgan fingerprint density at radius 1 is 1.25 bits per heavy atom. The molecule has 0 aliphatic carbocycles. The van der Waals surface area contributed by atoms with Gasteiger partial charge in [-0.3, -0.25) is 0 Å². The van der Waals surface area contributed by atoms with Gasteiger partial charge in [0.05, 0.1) is 27.2 Å². The lowest BCUT2D eigenvalue weighted by molar-refractivity contribution is -0.873. The standard InChI is InChI=1S/C9H20NO.BrH/c1-8-5-6-9(11-8)7-10(2,3)4;/h8-9H,5-7H2,1-4H3;1H/q+1;/p-1. The summed E-state index contributed by atoms with van der Waals surface area (Å²) in [6.45, 7) is 3.31. The molecule has 2 atom stereocenters. The third-order valence-corrected chi connectivity index (χ3v) is 2.07. The molecule has 2 nitrogen and oxygen atoms in total. The first-order valence-electron chi connectivity index (χ1n) is 4.43. The average molecular weight is 238 g/mol. The largest absolute Gasteiger partial charge is 1.00 e. The summed E-state index contributed by atoms with van der Waals surface area (Å²) in [6.07, 6.45) is 3.48. The van der Waals surface area contributed by atoms with Crippen molar-refractivity contribution in [3.63, 3.8) is 0 Å². The molecule has 1 saturated heterocycles. The number of nitrogens with zero attached hydrogens (tertiary/aromatic N) is 1. The van der Waals surface area contributed by atoms with E-state index >= 15 is 0 Å². The topological polar surface area (TPSA) is 9.23 Å². The third-order valence-electron chi connectivity index (χ3n) is 2.07. The number of hydrogen-bond donors (Lipinski definition) is 0. The third kappa shape index (κ3) is 4.43. The lowest BCUT2D eigenvalue weighted by Gasteiger charge is -2.27. The van der Waals surface area contributed by atoms with Crippen LogP contribution in [0.25, 0.3) is 0 Å². The molecule has 1 aliphatic heterocycles. The van der Waals surface area contributed by atoms with Crippen LogP contribution in [0.3, 0.4) is 0 Å². The molecule has 0 saturated carbocycles. The Kier molecular flexibility index (Phi) is 4.74. The van der Waals surface area contributed by atoms with Crippen molar-refractivity contribution >= 4 is 0 Å². The number of quaternary nitrogens is 1. The molecule has 0 aromatic heterocycles. The van der Waals surface area contributed by atoms with E-state index in [-0.39, 0.29) is 17.0 Å². The van der Waals surface area contributed by atoms with Gasteiger partial charge in [-0.2, -0.15) is 0 Å². The van der Waals surface area contributed by atoms with E-state index in [1.807, 2.05) is 0 Å². The highest BCUT2D eigenvalue weighted by atomic mass is 79.9. The van der Waals surface area contributed by atoms with E-state index in [1.165, 1.54) is 12.8 Å². The van der Waals surface area contributed by atoms with Crippen molar-refractivity contribution in [2.24, 2.45) is 0 Å². The van der Waals surface area contributed by atoms with Crippen LogP contribution in [-0.4, -0.2) is 44.4 Å². The Morgan fingerprint density at radius 3 is 2.17 bits per heavy atom. The lowest BCUT2D eigenvalue weighted by Crippen LogP contribution is -3.00. The molecule has 0 aromatic rings. The lowest BCUT2D eigenvalue weighted by atomic mass is 10.2. The van der Waals surface area contributed by atoms with E-state index in [0.717, 1.165) is 11.0 Å². The maximum Gasteiger partial charge on any atom is 0.107 e. The van der Waals surface area contributed by atoms with Gasteiger partial charge in [-0.1, -0.05) is 0 Å². The summed E-state index contributed by atoms with van der Waals surface area (Å²) < 4.78 is 6.73. The number of likely N-dealkylation sites (N-methyl/N-ethyl adjacent to an activating group) is 1. The summed E-state index contributed by atoms with van der Waals surface area (Å²) in [5.41, 5.74) is 0. The van der Waals surface area contributed by atoms with Crippen LogP contribution in [0, 0.1) is 0 Å². The van der Waals surface area contributed by atoms with Gasteiger partial charge >= 0.3 is 0 Å². The number of ether oxygens (including phenoxy) is 1. The summed E-state index contributed by atoms with van der Waals surface area (Å²) >= 11 is 0. The molecule has 0 aromatic carbocycles. The SMILES string of the molecule is CC1CCC(C[N+](C)(C)C)O1.[Br-]. The predicted octanol–water partition coefficient (Wildman–Crippen LogP) is -1.74. The van der Waals surface area contributed by atoms with Crippen LogP contribution in [-0.2, 0) is 4.74 Å². The molecule has 12 heavy (non-hydrogen) atoms. The number of halogens is 1. The molecule has 0 N–H and O–H groups in total. The van der Waals surface area contributed by atoms with Crippen LogP contribution < -0.4 is 17.0 Å². The van der Waals surface area contributed by atoms with Crippen molar-refractivity contribution in [1.82, 2.24) is 0 Å². The first kappa shape index (κ1) is 12.4. The van der Waals surface area contributed by atoms with Gasteiger partial charge < -0.3 is 26.2 Å². The average Bonchev–Trinajstić information content (AvgIpc) is 2.10. The van der Waals surface area contributed by atoms with Gasteiger partial charge in [-0.15, -0.1) is 0 Å². The van der Waals surface area contributed by atoms with E-state index in [2.05, 4.69) is 28.1 Å². The smallest absolute Gasteiger partial charge is 0.107 e. The molecular weight excluding hydrogens is 218 g/mol. The molecule has 1 rings (SSSR count). The zero-order chi connectivity index (χ0) is 8.48. The molecule has 1 fully saturated rings. The van der Waals surface area contributed by atoms with Crippen molar-refractivity contribution in [1.29, 1.82) is 0 Å². The van der Waals surface area contributed by atoms with Gasteiger partial charge in [0.2, 0.25) is 0 Å². The summed E-state index contributed by atoms with van der Waals surface area (Å²) in [5.74, 6) is 0. The highest BCUT2D eigenvalue weighted by Gasteiger charge is 2.26. The summed E-state index contributed by atoms with van der Waals surface area (Å²) in [7, 11) is 6.64. The van der Waals surface area contributed by atoms with Crippen LogP contribution >= 0.6 is 0 Å². The molecule has 2 unspecified atom stereocenters. The van der Waals surface area contributed by atoms with Crippen molar-refractivity contribution < 1.29 is 26.2 Å². The fourth-order valence-electron chi connectivity index (χ4n) is 1.63. The van der Waals surface area contributed by atoms with Gasteiger partial charge in [0, 0.05) is 0 Å². The summed E-state index contributed by atoms with van der Waals surface area (Å²) in [6, 6.07) is 0. The molecule has 1 aliphatic rings. The van der Waals surface area contributed by atoms with E-state index < -0.39 is 0 Å². The van der Waals surface area contributed by atoms with Gasteiger partial charge in [0.1, 0.15) is 12.6 Å². The molecule has 0 amide bonds. The second-order valence-electron chi connectivity index (χ2n) is 4.62. The fraction of sp³-hybridized carbons (Fsp3) is 1.00. The Bertz CT molecular complexity index is 133. The van der Waals surface area contributed by atoms with Crippen molar-refractivity contribution in [2.45, 2.75) is 32.0 Å². The number of hydrogen-bond acceptors (Lipinski definition) is 1. The van der Waals surface area contributed by atoms with Crippen LogP contribution in [0.1, 0.15) is 19.8 Å². The molecule has 0 radical (unpaired) electrons. The Morgan fingerprint density at radius 2 is 1.83 bits per heavy atom. The minimum absolute atomic E-state index is 0. The molecule has 1 heterocycles. The summed E-state index contributed by atoms with van der Waals surface area (Å²) in [4.78, 5) is 0. The Hall–Kier alpha value is 0.400. The predicted molar refractivity (Wildman–Crippen MR) is 46.5 cm³/mol. The Balaban J connectivity index is 0.00000121. The number of rotatable bonds is 2. The van der Waals surface area contributed by atoms with Crippen molar-refractivity contribution in [3.05, 3.63) is 0 Å². The fourth-order valence-corrected chi connectivity index (χ4v) is 1.63. The summed E-state index contributed by atoms with van der Waals surface area (Å²) in [5, 5.41) is 0. The second-order valence-corrected chi connectivity index (χ2v) is 4.62. The minimum Gasteiger partial charge on any atom is -1.00 e. The monoisotopic (exact) mass is 237 g/mol. The molecule has 0 spiro atoms. The highest BCUT2D eigenvalue weighted by Crippen LogP contribution is 2.20. The van der Waals surface area contributed by atoms with E-state index in [0.29, 0.717) is 12.2 Å². The van der Waals surface area contributed by atoms with Crippen LogP contribution in [0.2, 0.25) is 0 Å². The van der Waals surface area contributed by atoms with Crippen LogP contribution in [0.4, 0.5) is 0 Å². The van der Waals surface area contributed by atoms with Gasteiger partial charge in [-0.25, -0.2) is 0 Å². The molecular formula is C9H20BrNO. The van der Waals surface area contributed by atoms with E-state index in [9.17, 15) is 0 Å². The molecule has 3 heteroatoms. The Labute approximate surface area is 86.2 Å². The van der Waals surface area contributed by atoms with E-state index in [1.54, 1.807) is 0 Å². The highest BCUT2D eigenvalue weighted by molar-refractivity contribution is 4.69. The van der Waals surface area contributed by atoms with E-state index in [4.69, 9.17) is 4.74 Å². The van der Waals surface area contributed by atoms with Crippen molar-refractivity contribution in [3.8, 4) is 0 Å². The van der Waals surface area contributed by atoms with Gasteiger partial charge in [0.15, 0.2) is 0 Å². The normalized spacial score (nSPS) is 30.0. The van der Waals surface area contributed by atoms with Crippen LogP contribution in [0.15, 0.2) is 0 Å². The first-order valence-corrected chi connectivity index (χ1v) is 4.43. The quantitative estimate of drug-likeness (QED) is 0.519. The zero-order valence-corrected chi connectivity index (χ0v) is 10.1. The van der Waals surface area contributed by atoms with Gasteiger partial charge in [-0.05, 0) is 19.8 Å². The van der Waals surface area contributed by atoms with Gasteiger partial charge in [0.25, 0.3) is 0 Å². The maximum absolute atomic E-state index is 5.72. The minimum atomic E-state index is 0. The van der Waals surface area contributed by atoms with Crippen molar-refractivity contribution in [2.75, 3.05) is 27.7 Å².